The van der Waals surface area contributed by atoms with Crippen molar-refractivity contribution in [3.05, 3.63) is 53.1 Å². The van der Waals surface area contributed by atoms with E-state index in [0.717, 1.165) is 29.8 Å². The van der Waals surface area contributed by atoms with Crippen LogP contribution in [0.5, 0.6) is 0 Å². The van der Waals surface area contributed by atoms with Gasteiger partial charge in [-0.25, -0.2) is 9.82 Å². The molecule has 0 saturated carbocycles. The van der Waals surface area contributed by atoms with Gasteiger partial charge in [-0.15, -0.1) is 0 Å². The molecule has 1 aromatic carbocycles. The first-order valence-electron chi connectivity index (χ1n) is 6.41. The Labute approximate surface area is 112 Å². The van der Waals surface area contributed by atoms with E-state index in [1.54, 1.807) is 12.3 Å². The largest absolute Gasteiger partial charge is 0.271 e. The number of hydrazine groups is 1. The Morgan fingerprint density at radius 3 is 2.84 bits per heavy atom. The SMILES string of the molecule is CCCn1nccc1C(NN)c1ccc(F)cc1C. The molecule has 3 N–H and O–H groups in total. The average Bonchev–Trinajstić information content (AvgIpc) is 2.82. The van der Waals surface area contributed by atoms with Gasteiger partial charge in [-0.05, 0) is 42.7 Å². The third-order valence-electron chi connectivity index (χ3n) is 3.19. The molecule has 0 saturated heterocycles. The molecule has 0 aliphatic heterocycles. The van der Waals surface area contributed by atoms with Gasteiger partial charge in [0.15, 0.2) is 0 Å². The molecular formula is C14H19FN4. The molecule has 0 spiro atoms. The minimum absolute atomic E-state index is 0.186. The second-order valence-corrected chi connectivity index (χ2v) is 4.58. The average molecular weight is 262 g/mol. The normalized spacial score (nSPS) is 12.6. The highest BCUT2D eigenvalue weighted by Gasteiger charge is 2.18. The molecule has 5 heteroatoms. The van der Waals surface area contributed by atoms with Crippen LogP contribution in [0.1, 0.15) is 36.2 Å². The summed E-state index contributed by atoms with van der Waals surface area (Å²) in [6.07, 6.45) is 2.75. The molecule has 0 amide bonds. The Morgan fingerprint density at radius 2 is 2.21 bits per heavy atom. The summed E-state index contributed by atoms with van der Waals surface area (Å²) in [6, 6.07) is 6.48. The summed E-state index contributed by atoms with van der Waals surface area (Å²) in [4.78, 5) is 0. The number of hydrogen-bond acceptors (Lipinski definition) is 3. The Morgan fingerprint density at radius 1 is 1.42 bits per heavy atom. The van der Waals surface area contributed by atoms with Crippen LogP contribution in [0.15, 0.2) is 30.5 Å². The van der Waals surface area contributed by atoms with Crippen molar-refractivity contribution in [2.75, 3.05) is 0 Å². The second kappa shape index (κ2) is 5.95. The van der Waals surface area contributed by atoms with Crippen LogP contribution >= 0.6 is 0 Å². The Hall–Kier alpha value is -1.72. The fourth-order valence-electron chi connectivity index (χ4n) is 2.28. The van der Waals surface area contributed by atoms with Crippen molar-refractivity contribution in [3.63, 3.8) is 0 Å². The van der Waals surface area contributed by atoms with Gasteiger partial charge in [-0.1, -0.05) is 13.0 Å². The molecule has 0 aliphatic rings. The van der Waals surface area contributed by atoms with E-state index in [2.05, 4.69) is 17.4 Å². The minimum atomic E-state index is -0.237. The molecule has 1 heterocycles. The number of nitrogens with zero attached hydrogens (tertiary/aromatic N) is 2. The van der Waals surface area contributed by atoms with Crippen molar-refractivity contribution >= 4 is 0 Å². The van der Waals surface area contributed by atoms with Crippen molar-refractivity contribution in [2.24, 2.45) is 5.84 Å². The van der Waals surface area contributed by atoms with Gasteiger partial charge in [0.25, 0.3) is 0 Å². The lowest BCUT2D eigenvalue weighted by Crippen LogP contribution is -2.31. The molecule has 0 aliphatic carbocycles. The fraction of sp³-hybridized carbons (Fsp3) is 0.357. The Balaban J connectivity index is 2.41. The van der Waals surface area contributed by atoms with E-state index in [4.69, 9.17) is 5.84 Å². The number of aromatic nitrogens is 2. The number of rotatable bonds is 5. The van der Waals surface area contributed by atoms with Crippen molar-refractivity contribution in [3.8, 4) is 0 Å². The predicted octanol–water partition coefficient (Wildman–Crippen LogP) is 2.29. The van der Waals surface area contributed by atoms with Crippen LogP contribution in [-0.4, -0.2) is 9.78 Å². The first kappa shape index (κ1) is 13.7. The Kier molecular flexibility index (Phi) is 4.29. The fourth-order valence-corrected chi connectivity index (χ4v) is 2.28. The van der Waals surface area contributed by atoms with Crippen LogP contribution in [0, 0.1) is 12.7 Å². The molecule has 2 rings (SSSR count). The molecule has 0 bridgehead atoms. The standard InChI is InChI=1S/C14H19FN4/c1-3-8-19-13(6-7-17-19)14(18-16)12-5-4-11(15)9-10(12)2/h4-7,9,14,18H,3,8,16H2,1-2H3. The van der Waals surface area contributed by atoms with Gasteiger partial charge in [-0.3, -0.25) is 10.5 Å². The monoisotopic (exact) mass is 262 g/mol. The van der Waals surface area contributed by atoms with E-state index in [0.29, 0.717) is 0 Å². The van der Waals surface area contributed by atoms with Crippen molar-refractivity contribution < 1.29 is 4.39 Å². The topological polar surface area (TPSA) is 55.9 Å². The van der Waals surface area contributed by atoms with Crippen molar-refractivity contribution in [2.45, 2.75) is 32.9 Å². The maximum absolute atomic E-state index is 13.2. The van der Waals surface area contributed by atoms with Crippen molar-refractivity contribution in [1.29, 1.82) is 0 Å². The number of benzene rings is 1. The quantitative estimate of drug-likeness (QED) is 0.642. The number of aryl methyl sites for hydroxylation is 2. The molecule has 102 valence electrons. The summed E-state index contributed by atoms with van der Waals surface area (Å²) in [5.74, 6) is 5.45. The minimum Gasteiger partial charge on any atom is -0.271 e. The van der Waals surface area contributed by atoms with Crippen LogP contribution in [0.4, 0.5) is 4.39 Å². The Bertz CT molecular complexity index is 550. The third-order valence-corrected chi connectivity index (χ3v) is 3.19. The van der Waals surface area contributed by atoms with Gasteiger partial charge in [0.2, 0.25) is 0 Å². The van der Waals surface area contributed by atoms with E-state index in [1.807, 2.05) is 17.7 Å². The maximum Gasteiger partial charge on any atom is 0.123 e. The van der Waals surface area contributed by atoms with Gasteiger partial charge >= 0.3 is 0 Å². The first-order chi connectivity index (χ1) is 9.17. The summed E-state index contributed by atoms with van der Waals surface area (Å²) < 4.78 is 15.1. The van der Waals surface area contributed by atoms with Crippen molar-refractivity contribution in [1.82, 2.24) is 15.2 Å². The van der Waals surface area contributed by atoms with Gasteiger partial charge in [-0.2, -0.15) is 5.10 Å². The van der Waals surface area contributed by atoms with E-state index in [9.17, 15) is 4.39 Å². The highest BCUT2D eigenvalue weighted by atomic mass is 19.1. The molecule has 1 atom stereocenters. The van der Waals surface area contributed by atoms with Crippen LogP contribution in [0.3, 0.4) is 0 Å². The zero-order chi connectivity index (χ0) is 13.8. The summed E-state index contributed by atoms with van der Waals surface area (Å²) in [5, 5.41) is 4.29. The molecule has 1 unspecified atom stereocenters. The highest BCUT2D eigenvalue weighted by Crippen LogP contribution is 2.24. The lowest BCUT2D eigenvalue weighted by molar-refractivity contribution is 0.519. The number of hydrogen-bond donors (Lipinski definition) is 2. The molecular weight excluding hydrogens is 243 g/mol. The lowest BCUT2D eigenvalue weighted by Gasteiger charge is -2.20. The predicted molar refractivity (Wildman–Crippen MR) is 72.8 cm³/mol. The molecule has 0 radical (unpaired) electrons. The third kappa shape index (κ3) is 2.83. The smallest absolute Gasteiger partial charge is 0.123 e. The van der Waals surface area contributed by atoms with Crippen LogP contribution in [0.25, 0.3) is 0 Å². The van der Waals surface area contributed by atoms with Crippen LogP contribution < -0.4 is 11.3 Å². The molecule has 0 fully saturated rings. The van der Waals surface area contributed by atoms with Gasteiger partial charge in [0.1, 0.15) is 5.82 Å². The highest BCUT2D eigenvalue weighted by molar-refractivity contribution is 5.34. The zero-order valence-electron chi connectivity index (χ0n) is 11.2. The molecule has 19 heavy (non-hydrogen) atoms. The lowest BCUT2D eigenvalue weighted by atomic mass is 9.99. The van der Waals surface area contributed by atoms with Gasteiger partial charge in [0, 0.05) is 12.7 Å². The maximum atomic E-state index is 13.2. The number of nitrogens with one attached hydrogen (secondary N) is 1. The molecule has 1 aromatic heterocycles. The number of halogens is 1. The van der Waals surface area contributed by atoms with Gasteiger partial charge < -0.3 is 0 Å². The zero-order valence-corrected chi connectivity index (χ0v) is 11.2. The van der Waals surface area contributed by atoms with Gasteiger partial charge in [0.05, 0.1) is 11.7 Å². The molecule has 4 nitrogen and oxygen atoms in total. The van der Waals surface area contributed by atoms with Crippen LogP contribution in [-0.2, 0) is 6.54 Å². The van der Waals surface area contributed by atoms with E-state index in [-0.39, 0.29) is 11.9 Å². The summed E-state index contributed by atoms with van der Waals surface area (Å²) in [5.41, 5.74) is 5.61. The summed E-state index contributed by atoms with van der Waals surface area (Å²) in [6.45, 7) is 4.81. The first-order valence-corrected chi connectivity index (χ1v) is 6.41. The molecule has 2 aromatic rings. The number of nitrogens with two attached hydrogens (primary N) is 1. The second-order valence-electron chi connectivity index (χ2n) is 4.58. The van der Waals surface area contributed by atoms with Crippen LogP contribution in [0.2, 0.25) is 0 Å². The summed E-state index contributed by atoms with van der Waals surface area (Å²) in [7, 11) is 0. The van der Waals surface area contributed by atoms with E-state index < -0.39 is 0 Å². The van der Waals surface area contributed by atoms with E-state index >= 15 is 0 Å². The summed E-state index contributed by atoms with van der Waals surface area (Å²) >= 11 is 0. The van der Waals surface area contributed by atoms with E-state index in [1.165, 1.54) is 12.1 Å².